The molecule has 0 unspecified atom stereocenters. The van der Waals surface area contributed by atoms with Crippen LogP contribution in [0, 0.1) is 17.5 Å². The summed E-state index contributed by atoms with van der Waals surface area (Å²) < 4.78 is 39.7. The van der Waals surface area contributed by atoms with Crippen molar-refractivity contribution in [2.75, 3.05) is 11.1 Å². The van der Waals surface area contributed by atoms with Crippen LogP contribution in [0.3, 0.4) is 0 Å². The minimum atomic E-state index is -0.982. The van der Waals surface area contributed by atoms with Gasteiger partial charge in [-0.25, -0.2) is 13.2 Å². The Hall–Kier alpha value is -2.50. The van der Waals surface area contributed by atoms with Gasteiger partial charge in [-0.2, -0.15) is 0 Å². The molecular formula is C14H11F3N2O. The molecule has 1 amide bonds. The molecule has 20 heavy (non-hydrogen) atoms. The van der Waals surface area contributed by atoms with E-state index in [0.717, 1.165) is 6.07 Å². The maximum Gasteiger partial charge on any atom is 0.229 e. The highest BCUT2D eigenvalue weighted by Gasteiger charge is 2.14. The zero-order valence-electron chi connectivity index (χ0n) is 10.3. The van der Waals surface area contributed by atoms with Gasteiger partial charge in [-0.05, 0) is 17.7 Å². The third-order valence-electron chi connectivity index (χ3n) is 2.66. The van der Waals surface area contributed by atoms with Crippen molar-refractivity contribution in [1.82, 2.24) is 0 Å². The van der Waals surface area contributed by atoms with E-state index < -0.39 is 23.4 Å². The number of carbonyl (C=O) groups excluding carboxylic acids is 1. The topological polar surface area (TPSA) is 55.1 Å². The van der Waals surface area contributed by atoms with E-state index in [0.29, 0.717) is 6.07 Å². The number of hydrogen-bond acceptors (Lipinski definition) is 2. The molecule has 2 rings (SSSR count). The Bertz CT molecular complexity index is 636. The van der Waals surface area contributed by atoms with Gasteiger partial charge in [0, 0.05) is 6.07 Å². The van der Waals surface area contributed by atoms with Crippen molar-refractivity contribution >= 4 is 17.3 Å². The van der Waals surface area contributed by atoms with Gasteiger partial charge in [0.15, 0.2) is 5.82 Å². The zero-order chi connectivity index (χ0) is 14.7. The van der Waals surface area contributed by atoms with Crippen molar-refractivity contribution in [3.05, 3.63) is 59.4 Å². The lowest BCUT2D eigenvalue weighted by molar-refractivity contribution is -0.115. The summed E-state index contributed by atoms with van der Waals surface area (Å²) in [5.74, 6) is -3.00. The summed E-state index contributed by atoms with van der Waals surface area (Å²) in [6, 6.07) is 7.23. The number of nitrogens with two attached hydrogens (primary N) is 1. The van der Waals surface area contributed by atoms with Crippen molar-refractivity contribution in [2.24, 2.45) is 0 Å². The lowest BCUT2D eigenvalue weighted by atomic mass is 10.1. The standard InChI is InChI=1S/C14H11F3N2O/c15-9-6-11(17)14(12(18)7-9)19-13(20)5-8-3-1-2-4-10(8)16/h1-4,6-7H,5,18H2,(H,19,20). The molecule has 0 saturated carbocycles. The molecular weight excluding hydrogens is 269 g/mol. The van der Waals surface area contributed by atoms with Crippen LogP contribution in [0.15, 0.2) is 36.4 Å². The molecule has 0 saturated heterocycles. The first kappa shape index (κ1) is 13.9. The molecule has 0 aliphatic rings. The third kappa shape index (κ3) is 3.09. The average molecular weight is 280 g/mol. The Labute approximate surface area is 113 Å². The van der Waals surface area contributed by atoms with Crippen LogP contribution >= 0.6 is 0 Å². The van der Waals surface area contributed by atoms with Crippen LogP contribution in [0.2, 0.25) is 0 Å². The predicted octanol–water partition coefficient (Wildman–Crippen LogP) is 2.87. The number of halogens is 3. The Kier molecular flexibility index (Phi) is 3.93. The van der Waals surface area contributed by atoms with Gasteiger partial charge in [0.1, 0.15) is 17.3 Å². The number of anilines is 2. The number of benzene rings is 2. The van der Waals surface area contributed by atoms with Crippen LogP contribution in [0.5, 0.6) is 0 Å². The molecule has 0 aliphatic carbocycles. The van der Waals surface area contributed by atoms with Gasteiger partial charge in [0.05, 0.1) is 12.1 Å². The maximum absolute atomic E-state index is 13.5. The second kappa shape index (κ2) is 5.64. The normalized spacial score (nSPS) is 10.3. The molecule has 3 N–H and O–H groups in total. The molecule has 0 bridgehead atoms. The highest BCUT2D eigenvalue weighted by Crippen LogP contribution is 2.24. The Morgan fingerprint density at radius 1 is 1.10 bits per heavy atom. The fourth-order valence-corrected chi connectivity index (χ4v) is 1.72. The summed E-state index contributed by atoms with van der Waals surface area (Å²) in [6.45, 7) is 0. The van der Waals surface area contributed by atoms with Crippen LogP contribution in [-0.2, 0) is 11.2 Å². The number of nitrogen functional groups attached to an aromatic ring is 1. The molecule has 0 atom stereocenters. The van der Waals surface area contributed by atoms with Gasteiger partial charge in [0.25, 0.3) is 0 Å². The van der Waals surface area contributed by atoms with Crippen LogP contribution < -0.4 is 11.1 Å². The minimum absolute atomic E-state index is 0.172. The molecule has 2 aromatic rings. The summed E-state index contributed by atoms with van der Waals surface area (Å²) in [4.78, 5) is 11.7. The van der Waals surface area contributed by atoms with E-state index in [4.69, 9.17) is 5.73 Å². The van der Waals surface area contributed by atoms with E-state index in [-0.39, 0.29) is 23.4 Å². The highest BCUT2D eigenvalue weighted by molar-refractivity contribution is 5.95. The third-order valence-corrected chi connectivity index (χ3v) is 2.66. The van der Waals surface area contributed by atoms with Crippen molar-refractivity contribution < 1.29 is 18.0 Å². The van der Waals surface area contributed by atoms with Crippen LogP contribution in [0.4, 0.5) is 24.5 Å². The molecule has 6 heteroatoms. The van der Waals surface area contributed by atoms with Gasteiger partial charge in [-0.1, -0.05) is 18.2 Å². The molecule has 0 spiro atoms. The van der Waals surface area contributed by atoms with Gasteiger partial charge in [0.2, 0.25) is 5.91 Å². The second-order valence-corrected chi connectivity index (χ2v) is 4.17. The van der Waals surface area contributed by atoms with Crippen molar-refractivity contribution in [3.63, 3.8) is 0 Å². The summed E-state index contributed by atoms with van der Waals surface area (Å²) >= 11 is 0. The van der Waals surface area contributed by atoms with Gasteiger partial charge >= 0.3 is 0 Å². The second-order valence-electron chi connectivity index (χ2n) is 4.17. The Morgan fingerprint density at radius 3 is 2.45 bits per heavy atom. The molecule has 0 aliphatic heterocycles. The minimum Gasteiger partial charge on any atom is -0.397 e. The van der Waals surface area contributed by atoms with Gasteiger partial charge in [-0.15, -0.1) is 0 Å². The highest BCUT2D eigenvalue weighted by atomic mass is 19.1. The zero-order valence-corrected chi connectivity index (χ0v) is 10.3. The summed E-state index contributed by atoms with van der Waals surface area (Å²) in [5.41, 5.74) is 5.05. The van der Waals surface area contributed by atoms with Crippen LogP contribution in [-0.4, -0.2) is 5.91 Å². The fourth-order valence-electron chi connectivity index (χ4n) is 1.72. The number of rotatable bonds is 3. The number of nitrogens with one attached hydrogen (secondary N) is 1. The summed E-state index contributed by atoms with van der Waals surface area (Å²) in [5, 5.41) is 2.21. The van der Waals surface area contributed by atoms with Gasteiger partial charge < -0.3 is 11.1 Å². The van der Waals surface area contributed by atoms with Crippen molar-refractivity contribution in [1.29, 1.82) is 0 Å². The van der Waals surface area contributed by atoms with E-state index >= 15 is 0 Å². The van der Waals surface area contributed by atoms with Gasteiger partial charge in [-0.3, -0.25) is 4.79 Å². The molecule has 0 aromatic heterocycles. The van der Waals surface area contributed by atoms with E-state index in [1.165, 1.54) is 18.2 Å². The van der Waals surface area contributed by atoms with E-state index in [2.05, 4.69) is 5.32 Å². The maximum atomic E-state index is 13.5. The molecule has 0 heterocycles. The predicted molar refractivity (Wildman–Crippen MR) is 69.5 cm³/mol. The van der Waals surface area contributed by atoms with Crippen LogP contribution in [0.25, 0.3) is 0 Å². The van der Waals surface area contributed by atoms with E-state index in [1.54, 1.807) is 6.07 Å². The van der Waals surface area contributed by atoms with Crippen molar-refractivity contribution in [3.8, 4) is 0 Å². The van der Waals surface area contributed by atoms with E-state index in [1.807, 2.05) is 0 Å². The average Bonchev–Trinajstić information content (AvgIpc) is 2.36. The van der Waals surface area contributed by atoms with E-state index in [9.17, 15) is 18.0 Å². The quantitative estimate of drug-likeness (QED) is 0.849. The number of hydrogen-bond donors (Lipinski definition) is 2. The summed E-state index contributed by atoms with van der Waals surface area (Å²) in [7, 11) is 0. The fraction of sp³-hybridized carbons (Fsp3) is 0.0714. The number of amides is 1. The molecule has 0 fully saturated rings. The summed E-state index contributed by atoms with van der Waals surface area (Å²) in [6.07, 6.45) is -0.275. The lowest BCUT2D eigenvalue weighted by Crippen LogP contribution is -2.17. The molecule has 2 aromatic carbocycles. The molecule has 104 valence electrons. The first-order valence-electron chi connectivity index (χ1n) is 5.75. The monoisotopic (exact) mass is 280 g/mol. The van der Waals surface area contributed by atoms with Crippen molar-refractivity contribution in [2.45, 2.75) is 6.42 Å². The lowest BCUT2D eigenvalue weighted by Gasteiger charge is -2.10. The first-order chi connectivity index (χ1) is 9.47. The smallest absolute Gasteiger partial charge is 0.229 e. The largest absolute Gasteiger partial charge is 0.397 e. The Balaban J connectivity index is 2.15. The van der Waals surface area contributed by atoms with Crippen LogP contribution in [0.1, 0.15) is 5.56 Å². The molecule has 3 nitrogen and oxygen atoms in total. The number of carbonyl (C=O) groups is 1. The Morgan fingerprint density at radius 2 is 1.80 bits per heavy atom. The SMILES string of the molecule is Nc1cc(F)cc(F)c1NC(=O)Cc1ccccc1F. The first-order valence-corrected chi connectivity index (χ1v) is 5.75. The molecule has 0 radical (unpaired) electrons.